The summed E-state index contributed by atoms with van der Waals surface area (Å²) < 4.78 is 45.5. The van der Waals surface area contributed by atoms with Gasteiger partial charge in [0.1, 0.15) is 23.4 Å². The van der Waals surface area contributed by atoms with Crippen molar-refractivity contribution in [2.75, 3.05) is 25.3 Å². The molecule has 3 rings (SSSR count). The van der Waals surface area contributed by atoms with Gasteiger partial charge in [0.15, 0.2) is 6.35 Å². The van der Waals surface area contributed by atoms with E-state index >= 15 is 0 Å². The Bertz CT molecular complexity index is 1050. The summed E-state index contributed by atoms with van der Waals surface area (Å²) in [6.07, 6.45) is 5.53. The van der Waals surface area contributed by atoms with Crippen molar-refractivity contribution in [2.24, 2.45) is 0 Å². The fourth-order valence-corrected chi connectivity index (χ4v) is 4.92. The first-order chi connectivity index (χ1) is 14.8. The summed E-state index contributed by atoms with van der Waals surface area (Å²) in [5.74, 6) is 2.61. The maximum Gasteiger partial charge on any atom is 0.356 e. The fraction of sp³-hybridized carbons (Fsp3) is 0.400. The van der Waals surface area contributed by atoms with Gasteiger partial charge in [0.05, 0.1) is 31.3 Å². The highest BCUT2D eigenvalue weighted by atomic mass is 35.5. The topological polar surface area (TPSA) is 98.5 Å². The summed E-state index contributed by atoms with van der Waals surface area (Å²) in [6, 6.07) is 4.12. The lowest BCUT2D eigenvalue weighted by atomic mass is 10.1. The molecule has 0 amide bonds. The van der Waals surface area contributed by atoms with Crippen molar-refractivity contribution in [1.29, 1.82) is 5.41 Å². The lowest BCUT2D eigenvalue weighted by Crippen LogP contribution is -2.23. The number of hydrogen-bond acceptors (Lipinski definition) is 7. The molecule has 2 heterocycles. The van der Waals surface area contributed by atoms with Gasteiger partial charge in [-0.25, -0.2) is 9.37 Å². The molecule has 1 aliphatic rings. The summed E-state index contributed by atoms with van der Waals surface area (Å²) in [5, 5.41) is 11.1. The number of rotatable bonds is 8. The van der Waals surface area contributed by atoms with Crippen LogP contribution in [0.3, 0.4) is 0 Å². The molecule has 31 heavy (non-hydrogen) atoms. The van der Waals surface area contributed by atoms with Gasteiger partial charge in [-0.1, -0.05) is 17.5 Å². The zero-order chi connectivity index (χ0) is 22.6. The van der Waals surface area contributed by atoms with Crippen LogP contribution in [0.5, 0.6) is 0 Å². The van der Waals surface area contributed by atoms with Crippen LogP contribution in [-0.4, -0.2) is 41.4 Å². The molecule has 1 aromatic carbocycles. The van der Waals surface area contributed by atoms with E-state index in [-0.39, 0.29) is 25.1 Å². The van der Waals surface area contributed by atoms with Gasteiger partial charge in [-0.05, 0) is 25.1 Å². The molecule has 1 fully saturated rings. The van der Waals surface area contributed by atoms with E-state index in [0.29, 0.717) is 28.7 Å². The quantitative estimate of drug-likeness (QED) is 0.337. The molecule has 0 aliphatic carbocycles. The lowest BCUT2D eigenvalue weighted by Gasteiger charge is -2.30. The Morgan fingerprint density at radius 3 is 3.06 bits per heavy atom. The van der Waals surface area contributed by atoms with Crippen LogP contribution in [0.1, 0.15) is 30.7 Å². The molecule has 8 nitrogen and oxygen atoms in total. The first-order valence-corrected chi connectivity index (χ1v) is 11.6. The Morgan fingerprint density at radius 2 is 2.39 bits per heavy atom. The first-order valence-electron chi connectivity index (χ1n) is 9.49. The van der Waals surface area contributed by atoms with E-state index in [1.54, 1.807) is 24.9 Å². The van der Waals surface area contributed by atoms with Gasteiger partial charge < -0.3 is 24.6 Å². The largest absolute Gasteiger partial charge is 0.373 e. The van der Waals surface area contributed by atoms with Crippen LogP contribution < -0.4 is 5.32 Å². The second-order valence-electron chi connectivity index (χ2n) is 6.91. The van der Waals surface area contributed by atoms with Crippen LogP contribution in [0.15, 0.2) is 24.5 Å². The average Bonchev–Trinajstić information content (AvgIpc) is 3.15. The predicted molar refractivity (Wildman–Crippen MR) is 116 cm³/mol. The van der Waals surface area contributed by atoms with Crippen LogP contribution in [0.25, 0.3) is 0 Å². The predicted octanol–water partition coefficient (Wildman–Crippen LogP) is 4.45. The molecule has 2 aromatic rings. The highest BCUT2D eigenvalue weighted by Gasteiger charge is 2.36. The standard InChI is InChI=1S/C20H23ClFN4O4P/c1-4-15(10-26-11-25-19(13(2)23)20(26)24-3)28-12-31(27)29-8-7-18(30-31)16-9-14(21)5-6-17(16)22/h1,5-6,9,11,15,18,23-24H,7-8,10,12H2,2-3H3/t15-,18+,31+/m1/s1. The van der Waals surface area contributed by atoms with Gasteiger partial charge >= 0.3 is 7.60 Å². The van der Waals surface area contributed by atoms with Crippen molar-refractivity contribution < 1.29 is 22.7 Å². The minimum atomic E-state index is -3.67. The monoisotopic (exact) mass is 468 g/mol. The van der Waals surface area contributed by atoms with E-state index in [1.807, 2.05) is 0 Å². The number of halogens is 2. The molecule has 1 saturated heterocycles. The summed E-state index contributed by atoms with van der Waals surface area (Å²) in [4.78, 5) is 4.20. The number of ether oxygens (including phenoxy) is 1. The first kappa shape index (κ1) is 23.5. The minimum Gasteiger partial charge on any atom is -0.373 e. The van der Waals surface area contributed by atoms with Gasteiger partial charge in [-0.3, -0.25) is 9.09 Å². The number of hydrogen-bond donors (Lipinski definition) is 2. The third kappa shape index (κ3) is 5.53. The molecule has 0 unspecified atom stereocenters. The molecule has 1 aliphatic heterocycles. The Labute approximate surface area is 185 Å². The zero-order valence-electron chi connectivity index (χ0n) is 17.1. The number of anilines is 1. The molecule has 1 aromatic heterocycles. The maximum absolute atomic E-state index is 14.2. The Kier molecular flexibility index (Phi) is 7.52. The zero-order valence-corrected chi connectivity index (χ0v) is 18.8. The van der Waals surface area contributed by atoms with Crippen LogP contribution in [0.4, 0.5) is 10.2 Å². The van der Waals surface area contributed by atoms with Gasteiger partial charge in [-0.15, -0.1) is 6.42 Å². The number of benzene rings is 1. The molecule has 11 heteroatoms. The third-order valence-corrected chi connectivity index (χ3v) is 6.52. The SMILES string of the molecule is C#C[C@H](Cn1cnc(C(C)=N)c1NC)OC[P@]1(=O)OCC[C@@H](c2cc(Cl)ccc2F)O1. The van der Waals surface area contributed by atoms with Crippen molar-refractivity contribution in [3.05, 3.63) is 46.6 Å². The van der Waals surface area contributed by atoms with Crippen molar-refractivity contribution in [3.8, 4) is 12.3 Å². The Hall–Kier alpha value is -2.21. The van der Waals surface area contributed by atoms with Crippen LogP contribution in [0, 0.1) is 23.6 Å². The second kappa shape index (κ2) is 9.94. The van der Waals surface area contributed by atoms with Crippen molar-refractivity contribution >= 4 is 30.7 Å². The second-order valence-corrected chi connectivity index (χ2v) is 9.30. The number of aromatic nitrogens is 2. The Balaban J connectivity index is 1.67. The molecule has 0 radical (unpaired) electrons. The summed E-state index contributed by atoms with van der Waals surface area (Å²) >= 11 is 5.96. The highest BCUT2D eigenvalue weighted by Crippen LogP contribution is 2.56. The molecule has 0 bridgehead atoms. The molecular weight excluding hydrogens is 446 g/mol. The summed E-state index contributed by atoms with van der Waals surface area (Å²) in [5.41, 5.74) is 1.02. The smallest absolute Gasteiger partial charge is 0.356 e. The number of terminal acetylenes is 1. The van der Waals surface area contributed by atoms with Crippen LogP contribution in [0.2, 0.25) is 5.02 Å². The van der Waals surface area contributed by atoms with Gasteiger partial charge in [0, 0.05) is 24.1 Å². The van der Waals surface area contributed by atoms with E-state index < -0.39 is 25.6 Å². The van der Waals surface area contributed by atoms with Crippen molar-refractivity contribution in [1.82, 2.24) is 9.55 Å². The summed E-state index contributed by atoms with van der Waals surface area (Å²) in [6.45, 7) is 1.95. The van der Waals surface area contributed by atoms with E-state index in [1.165, 1.54) is 18.2 Å². The molecule has 2 N–H and O–H groups in total. The summed E-state index contributed by atoms with van der Waals surface area (Å²) in [7, 11) is -1.96. The third-order valence-electron chi connectivity index (χ3n) is 4.67. The number of nitrogens with zero attached hydrogens (tertiary/aromatic N) is 2. The number of imidazole rings is 1. The fourth-order valence-electron chi connectivity index (χ4n) is 3.19. The molecule has 0 spiro atoms. The normalized spacial score (nSPS) is 22.0. The molecule has 0 saturated carbocycles. The van der Waals surface area contributed by atoms with Crippen molar-refractivity contribution in [2.45, 2.75) is 32.1 Å². The van der Waals surface area contributed by atoms with E-state index in [0.717, 1.165) is 0 Å². The van der Waals surface area contributed by atoms with Gasteiger partial charge in [0.25, 0.3) is 0 Å². The molecule has 166 valence electrons. The maximum atomic E-state index is 14.2. The highest BCUT2D eigenvalue weighted by molar-refractivity contribution is 7.53. The van der Waals surface area contributed by atoms with Crippen molar-refractivity contribution in [3.63, 3.8) is 0 Å². The average molecular weight is 469 g/mol. The van der Waals surface area contributed by atoms with E-state index in [4.69, 9.17) is 37.2 Å². The van der Waals surface area contributed by atoms with Crippen LogP contribution in [-0.2, 0) is 24.9 Å². The van der Waals surface area contributed by atoms with E-state index in [9.17, 15) is 8.96 Å². The van der Waals surface area contributed by atoms with Gasteiger partial charge in [-0.2, -0.15) is 0 Å². The van der Waals surface area contributed by atoms with Crippen LogP contribution >= 0.6 is 19.2 Å². The minimum absolute atomic E-state index is 0.116. The van der Waals surface area contributed by atoms with Gasteiger partial charge in [0.2, 0.25) is 0 Å². The molecule has 3 atom stereocenters. The molecular formula is C20H23ClFN4O4P. The lowest BCUT2D eigenvalue weighted by molar-refractivity contribution is 0.0431. The number of nitrogens with one attached hydrogen (secondary N) is 2. The Morgan fingerprint density at radius 1 is 1.61 bits per heavy atom. The van der Waals surface area contributed by atoms with E-state index in [2.05, 4.69) is 16.2 Å².